The first kappa shape index (κ1) is 14.4. The molecule has 0 amide bonds. The molecule has 2 aromatic rings. The van der Waals surface area contributed by atoms with Crippen LogP contribution in [0.2, 0.25) is 0 Å². The second kappa shape index (κ2) is 5.96. The average molecular weight is 275 g/mol. The molecule has 0 spiro atoms. The summed E-state index contributed by atoms with van der Waals surface area (Å²) < 4.78 is 12.4. The summed E-state index contributed by atoms with van der Waals surface area (Å²) >= 11 is 0. The van der Waals surface area contributed by atoms with Gasteiger partial charge < -0.3 is 15.2 Å². The Morgan fingerprint density at radius 3 is 2.20 bits per heavy atom. The number of aromatic nitrogens is 2. The van der Waals surface area contributed by atoms with Crippen molar-refractivity contribution in [2.24, 2.45) is 12.8 Å². The van der Waals surface area contributed by atoms with Gasteiger partial charge in [-0.15, -0.1) is 0 Å². The van der Waals surface area contributed by atoms with E-state index in [1.165, 1.54) is 0 Å². The molecule has 5 nitrogen and oxygen atoms in total. The number of hydrogen-bond donors (Lipinski definition) is 1. The number of rotatable bonds is 5. The summed E-state index contributed by atoms with van der Waals surface area (Å²) in [6.07, 6.45) is 0.891. The highest BCUT2D eigenvalue weighted by molar-refractivity contribution is 5.42. The van der Waals surface area contributed by atoms with Crippen LogP contribution in [0.25, 0.3) is 0 Å². The molecule has 2 N–H and O–H groups in total. The maximum Gasteiger partial charge on any atom is 0.122 e. The highest BCUT2D eigenvalue weighted by Gasteiger charge is 2.16. The number of methoxy groups -OCH3 is 2. The molecule has 0 aliphatic rings. The van der Waals surface area contributed by atoms with Crippen LogP contribution in [-0.2, 0) is 13.5 Å². The van der Waals surface area contributed by atoms with Gasteiger partial charge in [-0.25, -0.2) is 0 Å². The smallest absolute Gasteiger partial charge is 0.122 e. The molecule has 0 saturated carbocycles. The summed E-state index contributed by atoms with van der Waals surface area (Å²) in [4.78, 5) is 0. The maximum atomic E-state index is 6.36. The number of aryl methyl sites for hydroxylation is 2. The minimum Gasteiger partial charge on any atom is -0.497 e. The van der Waals surface area contributed by atoms with E-state index in [9.17, 15) is 0 Å². The molecule has 2 rings (SSSR count). The predicted octanol–water partition coefficient (Wildman–Crippen LogP) is 2.05. The van der Waals surface area contributed by atoms with Gasteiger partial charge in [-0.1, -0.05) is 6.92 Å². The molecule has 20 heavy (non-hydrogen) atoms. The molecule has 0 aliphatic heterocycles. The van der Waals surface area contributed by atoms with E-state index in [0.29, 0.717) is 0 Å². The third-order valence-corrected chi connectivity index (χ3v) is 3.38. The summed E-state index contributed by atoms with van der Waals surface area (Å²) in [5.74, 6) is 1.46. The van der Waals surface area contributed by atoms with E-state index in [0.717, 1.165) is 34.9 Å². The van der Waals surface area contributed by atoms with E-state index >= 15 is 0 Å². The van der Waals surface area contributed by atoms with Crippen molar-refractivity contribution in [3.63, 3.8) is 0 Å². The van der Waals surface area contributed by atoms with Crippen LogP contribution in [0.15, 0.2) is 24.3 Å². The lowest BCUT2D eigenvalue weighted by Gasteiger charge is -2.15. The lowest BCUT2D eigenvalue weighted by molar-refractivity contribution is 0.393. The number of ether oxygens (including phenoxy) is 2. The van der Waals surface area contributed by atoms with Crippen molar-refractivity contribution in [2.45, 2.75) is 19.4 Å². The molecule has 1 heterocycles. The molecule has 0 radical (unpaired) electrons. The topological polar surface area (TPSA) is 62.3 Å². The van der Waals surface area contributed by atoms with E-state index in [1.54, 1.807) is 14.2 Å². The minimum absolute atomic E-state index is 0.267. The molecule has 0 aliphatic carbocycles. The third-order valence-electron chi connectivity index (χ3n) is 3.38. The van der Waals surface area contributed by atoms with Crippen LogP contribution in [0.1, 0.15) is 29.9 Å². The Morgan fingerprint density at radius 2 is 1.75 bits per heavy atom. The monoisotopic (exact) mass is 275 g/mol. The predicted molar refractivity (Wildman–Crippen MR) is 78.2 cm³/mol. The van der Waals surface area contributed by atoms with Gasteiger partial charge in [0.05, 0.1) is 31.6 Å². The molecule has 1 aromatic heterocycles. The highest BCUT2D eigenvalue weighted by Crippen LogP contribution is 2.28. The van der Waals surface area contributed by atoms with Gasteiger partial charge in [-0.05, 0) is 30.2 Å². The van der Waals surface area contributed by atoms with Crippen molar-refractivity contribution < 1.29 is 9.47 Å². The van der Waals surface area contributed by atoms with Gasteiger partial charge in [-0.2, -0.15) is 5.10 Å². The van der Waals surface area contributed by atoms with Crippen LogP contribution in [0.4, 0.5) is 0 Å². The average Bonchev–Trinajstić information content (AvgIpc) is 2.86. The number of nitrogens with zero attached hydrogens (tertiary/aromatic N) is 2. The summed E-state index contributed by atoms with van der Waals surface area (Å²) in [6, 6.07) is 7.45. The Kier molecular flexibility index (Phi) is 4.29. The van der Waals surface area contributed by atoms with E-state index < -0.39 is 0 Å². The fourth-order valence-electron chi connectivity index (χ4n) is 2.19. The Hall–Kier alpha value is -2.01. The normalized spacial score (nSPS) is 12.2. The minimum atomic E-state index is -0.267. The summed E-state index contributed by atoms with van der Waals surface area (Å²) in [7, 11) is 5.17. The standard InChI is InChI=1S/C15H21N3O2/c1-5-11-8-14(18(2)17-11)15(16)10-6-12(19-3)9-13(7-10)20-4/h6-9,15H,5,16H2,1-4H3. The van der Waals surface area contributed by atoms with Gasteiger partial charge in [0, 0.05) is 13.1 Å². The Balaban J connectivity index is 2.41. The second-order valence-electron chi connectivity index (χ2n) is 4.66. The summed E-state index contributed by atoms with van der Waals surface area (Å²) in [5.41, 5.74) is 9.30. The molecule has 5 heteroatoms. The molecule has 1 atom stereocenters. The summed E-state index contributed by atoms with van der Waals surface area (Å²) in [5, 5.41) is 4.44. The zero-order chi connectivity index (χ0) is 14.7. The van der Waals surface area contributed by atoms with E-state index in [-0.39, 0.29) is 6.04 Å². The van der Waals surface area contributed by atoms with Crippen molar-refractivity contribution in [3.05, 3.63) is 41.2 Å². The SMILES string of the molecule is CCc1cc(C(N)c2cc(OC)cc(OC)c2)n(C)n1. The van der Waals surface area contributed by atoms with Crippen LogP contribution < -0.4 is 15.2 Å². The maximum absolute atomic E-state index is 6.36. The zero-order valence-electron chi connectivity index (χ0n) is 12.4. The van der Waals surface area contributed by atoms with Crippen LogP contribution in [-0.4, -0.2) is 24.0 Å². The number of benzene rings is 1. The second-order valence-corrected chi connectivity index (χ2v) is 4.66. The van der Waals surface area contributed by atoms with Crippen LogP contribution in [0.5, 0.6) is 11.5 Å². The molecule has 0 saturated heterocycles. The number of hydrogen-bond acceptors (Lipinski definition) is 4. The Morgan fingerprint density at radius 1 is 1.15 bits per heavy atom. The lowest BCUT2D eigenvalue weighted by Crippen LogP contribution is -2.16. The molecule has 0 fully saturated rings. The fourth-order valence-corrected chi connectivity index (χ4v) is 2.19. The first-order chi connectivity index (χ1) is 9.58. The first-order valence-corrected chi connectivity index (χ1v) is 6.60. The van der Waals surface area contributed by atoms with Gasteiger partial charge >= 0.3 is 0 Å². The Labute approximate surface area is 119 Å². The van der Waals surface area contributed by atoms with Crippen molar-refractivity contribution in [3.8, 4) is 11.5 Å². The largest absolute Gasteiger partial charge is 0.497 e. The van der Waals surface area contributed by atoms with Gasteiger partial charge in [-0.3, -0.25) is 4.68 Å². The van der Waals surface area contributed by atoms with Crippen molar-refractivity contribution in [1.82, 2.24) is 9.78 Å². The van der Waals surface area contributed by atoms with E-state index in [2.05, 4.69) is 12.0 Å². The van der Waals surface area contributed by atoms with E-state index in [1.807, 2.05) is 36.0 Å². The van der Waals surface area contributed by atoms with Crippen LogP contribution in [0.3, 0.4) is 0 Å². The van der Waals surface area contributed by atoms with Crippen LogP contribution >= 0.6 is 0 Å². The number of nitrogens with two attached hydrogens (primary N) is 1. The van der Waals surface area contributed by atoms with Gasteiger partial charge in [0.1, 0.15) is 11.5 Å². The quantitative estimate of drug-likeness (QED) is 0.907. The fraction of sp³-hybridized carbons (Fsp3) is 0.400. The first-order valence-electron chi connectivity index (χ1n) is 6.60. The molecule has 0 bridgehead atoms. The van der Waals surface area contributed by atoms with Crippen LogP contribution in [0, 0.1) is 0 Å². The zero-order valence-corrected chi connectivity index (χ0v) is 12.4. The summed E-state index contributed by atoms with van der Waals surface area (Å²) in [6.45, 7) is 2.08. The van der Waals surface area contributed by atoms with Gasteiger partial charge in [0.25, 0.3) is 0 Å². The third kappa shape index (κ3) is 2.77. The lowest BCUT2D eigenvalue weighted by atomic mass is 10.0. The van der Waals surface area contributed by atoms with Crippen molar-refractivity contribution in [1.29, 1.82) is 0 Å². The van der Waals surface area contributed by atoms with Gasteiger partial charge in [0.2, 0.25) is 0 Å². The molecule has 1 unspecified atom stereocenters. The van der Waals surface area contributed by atoms with Crippen molar-refractivity contribution in [2.75, 3.05) is 14.2 Å². The molecule has 1 aromatic carbocycles. The molecular weight excluding hydrogens is 254 g/mol. The highest BCUT2D eigenvalue weighted by atomic mass is 16.5. The Bertz CT molecular complexity index is 571. The van der Waals surface area contributed by atoms with Gasteiger partial charge in [0.15, 0.2) is 0 Å². The molecular formula is C15H21N3O2. The van der Waals surface area contributed by atoms with E-state index in [4.69, 9.17) is 15.2 Å². The molecule has 108 valence electrons. The van der Waals surface area contributed by atoms with Crippen molar-refractivity contribution >= 4 is 0 Å².